The van der Waals surface area contributed by atoms with Crippen molar-refractivity contribution in [2.24, 2.45) is 0 Å². The van der Waals surface area contributed by atoms with Crippen LogP contribution in [0.1, 0.15) is 17.5 Å². The average molecular weight is 480 g/mol. The molecule has 0 saturated heterocycles. The van der Waals surface area contributed by atoms with E-state index >= 15 is 0 Å². The van der Waals surface area contributed by atoms with E-state index in [-0.39, 0.29) is 4.90 Å². The molecule has 9 heteroatoms. The Morgan fingerprint density at radius 3 is 2.35 bits per heavy atom. The minimum Gasteiger partial charge on any atom is -0.309 e. The van der Waals surface area contributed by atoms with Gasteiger partial charge in [0, 0.05) is 6.54 Å². The monoisotopic (exact) mass is 479 g/mol. The molecule has 166 valence electrons. The lowest BCUT2D eigenvalue weighted by molar-refractivity contribution is -0.116. The molecule has 0 N–H and O–H groups in total. The number of sulfone groups is 1. The quantitative estimate of drug-likeness (QED) is 0.481. The summed E-state index contributed by atoms with van der Waals surface area (Å²) in [5.41, 5.74) is 2.64. The summed E-state index contributed by atoms with van der Waals surface area (Å²) in [6.45, 7) is 4.95. The first-order chi connectivity index (χ1) is 14.6. The van der Waals surface area contributed by atoms with Gasteiger partial charge >= 0.3 is 0 Å². The second kappa shape index (κ2) is 9.65. The molecule has 0 aliphatic rings. The second-order valence-corrected chi connectivity index (χ2v) is 11.2. The number of halogens is 1. The predicted molar refractivity (Wildman–Crippen MR) is 128 cm³/mol. The Morgan fingerprint density at radius 2 is 1.74 bits per heavy atom. The summed E-state index contributed by atoms with van der Waals surface area (Å²) in [7, 11) is 0.139. The number of amides is 1. The van der Waals surface area contributed by atoms with Gasteiger partial charge in [0.25, 0.3) is 0 Å². The van der Waals surface area contributed by atoms with E-state index in [9.17, 15) is 13.2 Å². The lowest BCUT2D eigenvalue weighted by Gasteiger charge is -2.21. The van der Waals surface area contributed by atoms with Gasteiger partial charge < -0.3 is 4.90 Å². The molecule has 0 atom stereocenters. The molecule has 3 rings (SSSR count). The number of aryl methyl sites for hydroxylation is 2. The summed E-state index contributed by atoms with van der Waals surface area (Å²) in [6, 6.07) is 10.2. The molecular formula is C22H26ClN3O3S2. The molecule has 0 aliphatic heterocycles. The van der Waals surface area contributed by atoms with Crippen LogP contribution in [-0.4, -0.2) is 57.1 Å². The van der Waals surface area contributed by atoms with Crippen molar-refractivity contribution in [3.8, 4) is 0 Å². The zero-order valence-corrected chi connectivity index (χ0v) is 20.4. The fourth-order valence-corrected chi connectivity index (χ4v) is 5.71. The van der Waals surface area contributed by atoms with E-state index in [2.05, 4.69) is 4.98 Å². The second-order valence-electron chi connectivity index (χ2n) is 7.81. The van der Waals surface area contributed by atoms with Gasteiger partial charge in [-0.25, -0.2) is 13.4 Å². The van der Waals surface area contributed by atoms with Crippen molar-refractivity contribution in [3.05, 3.63) is 52.5 Å². The zero-order valence-electron chi connectivity index (χ0n) is 18.1. The standard InChI is InChI=1S/C22H26ClN3O3S2/c1-15-6-9-17(10-7-15)31(28,29)14-19(27)26(13-5-12-25(3)4)22-24-20-16(2)8-11-18(23)21(20)30-22/h6-11H,5,12-14H2,1-4H3. The van der Waals surface area contributed by atoms with Crippen LogP contribution in [0.3, 0.4) is 0 Å². The molecule has 1 amide bonds. The van der Waals surface area contributed by atoms with Crippen molar-refractivity contribution in [1.82, 2.24) is 9.88 Å². The molecule has 0 spiro atoms. The number of carbonyl (C=O) groups is 1. The maximum absolute atomic E-state index is 13.2. The highest BCUT2D eigenvalue weighted by Crippen LogP contribution is 2.36. The van der Waals surface area contributed by atoms with Gasteiger partial charge in [0.2, 0.25) is 5.91 Å². The largest absolute Gasteiger partial charge is 0.309 e. The molecule has 0 fully saturated rings. The van der Waals surface area contributed by atoms with Gasteiger partial charge in [0.1, 0.15) is 5.75 Å². The number of carbonyl (C=O) groups excluding carboxylic acids is 1. The number of hydrogen-bond acceptors (Lipinski definition) is 6. The molecule has 0 bridgehead atoms. The number of nitrogens with zero attached hydrogens (tertiary/aromatic N) is 3. The van der Waals surface area contributed by atoms with E-state index in [1.54, 1.807) is 18.2 Å². The highest BCUT2D eigenvalue weighted by Gasteiger charge is 2.27. The Morgan fingerprint density at radius 1 is 1.06 bits per heavy atom. The number of anilines is 1. The fourth-order valence-electron chi connectivity index (χ4n) is 3.15. The molecule has 6 nitrogen and oxygen atoms in total. The third-order valence-electron chi connectivity index (χ3n) is 4.90. The molecule has 0 saturated carbocycles. The Balaban J connectivity index is 1.93. The highest BCUT2D eigenvalue weighted by atomic mass is 35.5. The molecule has 31 heavy (non-hydrogen) atoms. The minimum absolute atomic E-state index is 0.142. The van der Waals surface area contributed by atoms with E-state index in [4.69, 9.17) is 11.6 Å². The first-order valence-corrected chi connectivity index (χ1v) is 12.7. The van der Waals surface area contributed by atoms with Crippen LogP contribution in [0.5, 0.6) is 0 Å². The van der Waals surface area contributed by atoms with Crippen LogP contribution in [0.25, 0.3) is 10.2 Å². The number of hydrogen-bond donors (Lipinski definition) is 0. The normalized spacial score (nSPS) is 11.9. The topological polar surface area (TPSA) is 70.6 Å². The predicted octanol–water partition coefficient (Wildman–Crippen LogP) is 4.33. The highest BCUT2D eigenvalue weighted by molar-refractivity contribution is 7.92. The SMILES string of the molecule is Cc1ccc(S(=O)(=O)CC(=O)N(CCCN(C)C)c2nc3c(C)ccc(Cl)c3s2)cc1. The van der Waals surface area contributed by atoms with Crippen molar-refractivity contribution in [1.29, 1.82) is 0 Å². The minimum atomic E-state index is -3.77. The van der Waals surface area contributed by atoms with E-state index < -0.39 is 21.5 Å². The van der Waals surface area contributed by atoms with Crippen molar-refractivity contribution >= 4 is 54.0 Å². The van der Waals surface area contributed by atoms with Crippen LogP contribution >= 0.6 is 22.9 Å². The van der Waals surface area contributed by atoms with Crippen molar-refractivity contribution < 1.29 is 13.2 Å². The Labute approximate surface area is 192 Å². The van der Waals surface area contributed by atoms with Crippen LogP contribution in [0, 0.1) is 13.8 Å². The van der Waals surface area contributed by atoms with Crippen molar-refractivity contribution in [2.45, 2.75) is 25.2 Å². The van der Waals surface area contributed by atoms with Gasteiger partial charge in [-0.3, -0.25) is 9.69 Å². The smallest absolute Gasteiger partial charge is 0.244 e. The lowest BCUT2D eigenvalue weighted by Crippen LogP contribution is -2.37. The van der Waals surface area contributed by atoms with Crippen molar-refractivity contribution in [3.63, 3.8) is 0 Å². The van der Waals surface area contributed by atoms with Crippen LogP contribution in [0.15, 0.2) is 41.3 Å². The molecule has 0 aliphatic carbocycles. The molecule has 0 radical (unpaired) electrons. The molecular weight excluding hydrogens is 454 g/mol. The van der Waals surface area contributed by atoms with Crippen LogP contribution in [0.4, 0.5) is 5.13 Å². The number of fused-ring (bicyclic) bond motifs is 1. The Bertz CT molecular complexity index is 1150. The number of thiazole rings is 1. The Kier molecular flexibility index (Phi) is 7.36. The summed E-state index contributed by atoms with van der Waals surface area (Å²) < 4.78 is 26.5. The van der Waals surface area contributed by atoms with E-state index in [1.165, 1.54) is 28.4 Å². The molecule has 1 aromatic heterocycles. The van der Waals surface area contributed by atoms with Gasteiger partial charge in [-0.2, -0.15) is 0 Å². The number of benzene rings is 2. The van der Waals surface area contributed by atoms with E-state index in [0.717, 1.165) is 27.9 Å². The third-order valence-corrected chi connectivity index (χ3v) is 8.05. The first-order valence-electron chi connectivity index (χ1n) is 9.88. The van der Waals surface area contributed by atoms with Gasteiger partial charge in [-0.05, 0) is 64.7 Å². The van der Waals surface area contributed by atoms with E-state index in [0.29, 0.717) is 23.1 Å². The van der Waals surface area contributed by atoms with E-state index in [1.807, 2.05) is 38.9 Å². The van der Waals surface area contributed by atoms with Crippen LogP contribution in [0.2, 0.25) is 5.02 Å². The average Bonchev–Trinajstić information content (AvgIpc) is 3.14. The number of aromatic nitrogens is 1. The van der Waals surface area contributed by atoms with Crippen LogP contribution in [-0.2, 0) is 14.6 Å². The van der Waals surface area contributed by atoms with Crippen LogP contribution < -0.4 is 4.90 Å². The summed E-state index contributed by atoms with van der Waals surface area (Å²) in [6.07, 6.45) is 0.686. The number of rotatable bonds is 8. The summed E-state index contributed by atoms with van der Waals surface area (Å²) in [4.78, 5) is 21.5. The fraction of sp³-hybridized carbons (Fsp3) is 0.364. The Hall–Kier alpha value is -2.00. The molecule has 1 heterocycles. The summed E-state index contributed by atoms with van der Waals surface area (Å²) >= 11 is 7.65. The molecule has 2 aromatic carbocycles. The van der Waals surface area contributed by atoms with Crippen molar-refractivity contribution in [2.75, 3.05) is 37.8 Å². The maximum Gasteiger partial charge on any atom is 0.244 e. The maximum atomic E-state index is 13.2. The summed E-state index contributed by atoms with van der Waals surface area (Å²) in [5, 5.41) is 1.03. The van der Waals surface area contributed by atoms with Gasteiger partial charge in [-0.1, -0.05) is 46.7 Å². The molecule has 0 unspecified atom stereocenters. The summed E-state index contributed by atoms with van der Waals surface area (Å²) in [5.74, 6) is -1.10. The first kappa shape index (κ1) is 23.7. The third kappa shape index (κ3) is 5.63. The van der Waals surface area contributed by atoms with Gasteiger partial charge in [0.15, 0.2) is 15.0 Å². The zero-order chi connectivity index (χ0) is 22.8. The van der Waals surface area contributed by atoms with Gasteiger partial charge in [0.05, 0.1) is 20.1 Å². The lowest BCUT2D eigenvalue weighted by atomic mass is 10.2. The van der Waals surface area contributed by atoms with Gasteiger partial charge in [-0.15, -0.1) is 0 Å². The molecule has 3 aromatic rings.